The summed E-state index contributed by atoms with van der Waals surface area (Å²) in [6.07, 6.45) is 0.910. The number of methoxy groups -OCH3 is 1. The summed E-state index contributed by atoms with van der Waals surface area (Å²) in [5.74, 6) is 1.65. The van der Waals surface area contributed by atoms with Crippen molar-refractivity contribution in [3.63, 3.8) is 0 Å². The highest BCUT2D eigenvalue weighted by molar-refractivity contribution is 5.80. The molecule has 3 atom stereocenters. The van der Waals surface area contributed by atoms with Crippen LogP contribution in [0.2, 0.25) is 0 Å². The van der Waals surface area contributed by atoms with Gasteiger partial charge in [-0.2, -0.15) is 0 Å². The fourth-order valence-electron chi connectivity index (χ4n) is 4.21. The molecule has 2 fully saturated rings. The van der Waals surface area contributed by atoms with Gasteiger partial charge < -0.3 is 20.1 Å². The van der Waals surface area contributed by atoms with Crippen LogP contribution in [0, 0.1) is 5.82 Å². The van der Waals surface area contributed by atoms with E-state index in [1.54, 1.807) is 20.2 Å². The van der Waals surface area contributed by atoms with Gasteiger partial charge >= 0.3 is 0 Å². The Kier molecular flexibility index (Phi) is 7.04. The van der Waals surface area contributed by atoms with E-state index >= 15 is 0 Å². The highest BCUT2D eigenvalue weighted by Crippen LogP contribution is 2.41. The van der Waals surface area contributed by atoms with Crippen LogP contribution in [-0.4, -0.2) is 63.9 Å². The Morgan fingerprint density at radius 1 is 1.19 bits per heavy atom. The third kappa shape index (κ3) is 5.35. The van der Waals surface area contributed by atoms with Crippen LogP contribution in [0.15, 0.2) is 53.5 Å². The topological polar surface area (TPSA) is 58.1 Å². The average molecular weight is 427 g/mol. The van der Waals surface area contributed by atoms with Crippen LogP contribution in [0.3, 0.4) is 0 Å². The van der Waals surface area contributed by atoms with Crippen molar-refractivity contribution >= 4 is 5.96 Å². The predicted octanol–water partition coefficient (Wildman–Crippen LogP) is 2.93. The van der Waals surface area contributed by atoms with E-state index in [1.807, 2.05) is 24.3 Å². The summed E-state index contributed by atoms with van der Waals surface area (Å²) in [6.45, 7) is 3.98. The maximum atomic E-state index is 14.1. The molecule has 0 bridgehead atoms. The lowest BCUT2D eigenvalue weighted by atomic mass is 10.0. The summed E-state index contributed by atoms with van der Waals surface area (Å²) in [7, 11) is 3.45. The number of halogens is 1. The van der Waals surface area contributed by atoms with Crippen molar-refractivity contribution in [1.82, 2.24) is 15.5 Å². The predicted molar refractivity (Wildman–Crippen MR) is 120 cm³/mol. The third-order valence-electron chi connectivity index (χ3n) is 6.09. The zero-order chi connectivity index (χ0) is 21.6. The highest BCUT2D eigenvalue weighted by Gasteiger charge is 2.40. The lowest BCUT2D eigenvalue weighted by Crippen LogP contribution is -2.46. The molecule has 0 amide bonds. The Morgan fingerprint density at radius 2 is 1.94 bits per heavy atom. The molecule has 1 heterocycles. The van der Waals surface area contributed by atoms with Gasteiger partial charge in [-0.15, -0.1) is 0 Å². The smallest absolute Gasteiger partial charge is 0.191 e. The van der Waals surface area contributed by atoms with Crippen LogP contribution in [0.4, 0.5) is 4.39 Å². The van der Waals surface area contributed by atoms with E-state index in [2.05, 4.69) is 32.7 Å². The zero-order valence-corrected chi connectivity index (χ0v) is 18.2. The van der Waals surface area contributed by atoms with Crippen molar-refractivity contribution < 1.29 is 13.9 Å². The second-order valence-corrected chi connectivity index (χ2v) is 8.00. The molecule has 0 radical (unpaired) electrons. The van der Waals surface area contributed by atoms with E-state index in [9.17, 15) is 4.39 Å². The Hall–Kier alpha value is -2.64. The summed E-state index contributed by atoms with van der Waals surface area (Å²) in [5.41, 5.74) is 2.00. The monoisotopic (exact) mass is 426 g/mol. The quantitative estimate of drug-likeness (QED) is 0.527. The molecule has 7 heteroatoms. The van der Waals surface area contributed by atoms with E-state index < -0.39 is 0 Å². The summed E-state index contributed by atoms with van der Waals surface area (Å²) >= 11 is 0. The van der Waals surface area contributed by atoms with E-state index in [1.165, 1.54) is 11.6 Å². The lowest BCUT2D eigenvalue weighted by Gasteiger charge is -2.35. The van der Waals surface area contributed by atoms with E-state index in [-0.39, 0.29) is 23.8 Å². The van der Waals surface area contributed by atoms with Crippen LogP contribution in [0.25, 0.3) is 0 Å². The number of nitrogens with zero attached hydrogens (tertiary/aromatic N) is 2. The SMILES string of the molecule is CN=C(NCC(c1ccc(OC)cc1)N1CCOCC1)NC1CC1c1ccccc1F. The maximum absolute atomic E-state index is 14.1. The molecule has 1 aliphatic carbocycles. The Labute approximate surface area is 183 Å². The Balaban J connectivity index is 1.39. The van der Waals surface area contributed by atoms with Gasteiger partial charge in [-0.05, 0) is 35.7 Å². The molecule has 166 valence electrons. The van der Waals surface area contributed by atoms with Crippen LogP contribution in [0.1, 0.15) is 29.5 Å². The molecule has 1 saturated carbocycles. The number of rotatable bonds is 7. The molecule has 4 rings (SSSR count). The molecule has 2 aromatic carbocycles. The van der Waals surface area contributed by atoms with Gasteiger partial charge in [-0.3, -0.25) is 9.89 Å². The van der Waals surface area contributed by atoms with Gasteiger partial charge in [0.1, 0.15) is 11.6 Å². The van der Waals surface area contributed by atoms with Crippen molar-refractivity contribution in [2.75, 3.05) is 47.0 Å². The number of benzene rings is 2. The molecule has 2 N–H and O–H groups in total. The van der Waals surface area contributed by atoms with E-state index in [0.717, 1.165) is 50.0 Å². The normalized spacial score (nSPS) is 22.6. The first-order chi connectivity index (χ1) is 15.2. The second kappa shape index (κ2) is 10.1. The van der Waals surface area contributed by atoms with E-state index in [4.69, 9.17) is 9.47 Å². The van der Waals surface area contributed by atoms with Gasteiger partial charge in [0.05, 0.1) is 26.4 Å². The number of hydrogen-bond acceptors (Lipinski definition) is 4. The average Bonchev–Trinajstić information content (AvgIpc) is 3.58. The second-order valence-electron chi connectivity index (χ2n) is 8.00. The fourth-order valence-corrected chi connectivity index (χ4v) is 4.21. The maximum Gasteiger partial charge on any atom is 0.191 e. The minimum Gasteiger partial charge on any atom is -0.497 e. The van der Waals surface area contributed by atoms with Gasteiger partial charge in [-0.1, -0.05) is 30.3 Å². The van der Waals surface area contributed by atoms with Gasteiger partial charge in [0, 0.05) is 38.6 Å². The minimum atomic E-state index is -0.133. The number of guanidine groups is 1. The molecule has 2 aromatic rings. The van der Waals surface area contributed by atoms with Gasteiger partial charge in [0.15, 0.2) is 5.96 Å². The van der Waals surface area contributed by atoms with E-state index in [0.29, 0.717) is 6.54 Å². The van der Waals surface area contributed by atoms with Crippen molar-refractivity contribution in [3.8, 4) is 5.75 Å². The molecule has 2 aliphatic rings. The van der Waals surface area contributed by atoms with Crippen molar-refractivity contribution in [2.24, 2.45) is 4.99 Å². The zero-order valence-electron chi connectivity index (χ0n) is 18.2. The fraction of sp³-hybridized carbons (Fsp3) is 0.458. The van der Waals surface area contributed by atoms with Crippen LogP contribution in [-0.2, 0) is 4.74 Å². The van der Waals surface area contributed by atoms with Crippen molar-refractivity contribution in [3.05, 3.63) is 65.5 Å². The van der Waals surface area contributed by atoms with Crippen LogP contribution < -0.4 is 15.4 Å². The molecule has 3 unspecified atom stereocenters. The molecule has 1 aliphatic heterocycles. The molecule has 0 spiro atoms. The standard InChI is InChI=1S/C24H31FN4O2/c1-26-24(28-22-15-20(22)19-5-3-4-6-21(19)25)27-16-23(29-11-13-31-14-12-29)17-7-9-18(30-2)10-8-17/h3-10,20,22-23H,11-16H2,1-2H3,(H2,26,27,28). The minimum absolute atomic E-state index is 0.133. The van der Waals surface area contributed by atoms with Gasteiger partial charge in [-0.25, -0.2) is 4.39 Å². The van der Waals surface area contributed by atoms with Crippen molar-refractivity contribution in [1.29, 1.82) is 0 Å². The molecule has 0 aromatic heterocycles. The number of aliphatic imine (C=N–C) groups is 1. The highest BCUT2D eigenvalue weighted by atomic mass is 19.1. The molecular weight excluding hydrogens is 395 g/mol. The summed E-state index contributed by atoms with van der Waals surface area (Å²) in [5, 5.41) is 6.94. The number of nitrogens with one attached hydrogen (secondary N) is 2. The lowest BCUT2D eigenvalue weighted by molar-refractivity contribution is 0.0170. The summed E-state index contributed by atoms with van der Waals surface area (Å²) in [4.78, 5) is 6.83. The van der Waals surface area contributed by atoms with Crippen molar-refractivity contribution in [2.45, 2.75) is 24.4 Å². The number of ether oxygens (including phenoxy) is 2. The molecular formula is C24H31FN4O2. The molecule has 6 nitrogen and oxygen atoms in total. The molecule has 1 saturated heterocycles. The first-order valence-electron chi connectivity index (χ1n) is 10.9. The first-order valence-corrected chi connectivity index (χ1v) is 10.9. The van der Waals surface area contributed by atoms with Crippen LogP contribution in [0.5, 0.6) is 5.75 Å². The van der Waals surface area contributed by atoms with Gasteiger partial charge in [0.25, 0.3) is 0 Å². The third-order valence-corrected chi connectivity index (χ3v) is 6.09. The first kappa shape index (κ1) is 21.6. The van der Waals surface area contributed by atoms with Crippen LogP contribution >= 0.6 is 0 Å². The van der Waals surface area contributed by atoms with Gasteiger partial charge in [0.2, 0.25) is 0 Å². The Morgan fingerprint density at radius 3 is 2.61 bits per heavy atom. The number of morpholine rings is 1. The Bertz CT molecular complexity index is 883. The number of hydrogen-bond donors (Lipinski definition) is 2. The largest absolute Gasteiger partial charge is 0.497 e. The summed E-state index contributed by atoms with van der Waals surface area (Å²) < 4.78 is 24.9. The molecule has 31 heavy (non-hydrogen) atoms. The summed E-state index contributed by atoms with van der Waals surface area (Å²) in [6, 6.07) is 15.6.